The first-order valence-corrected chi connectivity index (χ1v) is 4.78. The summed E-state index contributed by atoms with van der Waals surface area (Å²) in [7, 11) is 3.41. The third-order valence-electron chi connectivity index (χ3n) is 1.52. The number of hydrogen-bond acceptors (Lipinski definition) is 1. The molecule has 1 unspecified atom stereocenters. The van der Waals surface area contributed by atoms with Gasteiger partial charge in [0.2, 0.25) is 0 Å². The van der Waals surface area contributed by atoms with Crippen molar-refractivity contribution in [1.82, 2.24) is 0 Å². The van der Waals surface area contributed by atoms with Crippen molar-refractivity contribution >= 4 is 23.1 Å². The zero-order valence-corrected chi connectivity index (χ0v) is 8.75. The SMILES string of the molecule is Cc1ccc(P=NP)c(C)c1. The lowest BCUT2D eigenvalue weighted by Gasteiger charge is -1.98. The van der Waals surface area contributed by atoms with E-state index in [0.29, 0.717) is 0 Å². The lowest BCUT2D eigenvalue weighted by atomic mass is 10.2. The van der Waals surface area contributed by atoms with E-state index in [9.17, 15) is 0 Å². The van der Waals surface area contributed by atoms with Crippen LogP contribution in [0, 0.1) is 13.8 Å². The summed E-state index contributed by atoms with van der Waals surface area (Å²) in [6.07, 6.45) is 0. The van der Waals surface area contributed by atoms with E-state index >= 15 is 0 Å². The Hall–Kier alpha value is -0.250. The molecule has 0 saturated heterocycles. The maximum Gasteiger partial charge on any atom is 0.0434 e. The number of nitrogens with zero attached hydrogens (tertiary/aromatic N) is 1. The van der Waals surface area contributed by atoms with E-state index in [2.05, 4.69) is 46.0 Å². The van der Waals surface area contributed by atoms with E-state index in [0.717, 1.165) is 8.37 Å². The minimum atomic E-state index is 1.03. The molecular weight excluding hydrogens is 172 g/mol. The summed E-state index contributed by atoms with van der Waals surface area (Å²) in [4.78, 5) is 0. The number of aryl methyl sites for hydroxylation is 2. The van der Waals surface area contributed by atoms with Crippen molar-refractivity contribution in [2.24, 2.45) is 4.52 Å². The number of rotatable bonds is 1. The Morgan fingerprint density at radius 1 is 1.36 bits per heavy atom. The first-order valence-electron chi connectivity index (χ1n) is 3.42. The normalized spacial score (nSPS) is 10.8. The van der Waals surface area contributed by atoms with Gasteiger partial charge >= 0.3 is 0 Å². The fourth-order valence-corrected chi connectivity index (χ4v) is 1.84. The highest BCUT2D eigenvalue weighted by molar-refractivity contribution is 7.42. The Bertz CT molecular complexity index is 281. The van der Waals surface area contributed by atoms with E-state index < -0.39 is 0 Å². The van der Waals surface area contributed by atoms with Crippen LogP contribution in [0.15, 0.2) is 22.7 Å². The molecule has 58 valence electrons. The molecule has 0 aliphatic rings. The molecule has 1 aromatic rings. The quantitative estimate of drug-likeness (QED) is 0.593. The molecule has 0 radical (unpaired) electrons. The van der Waals surface area contributed by atoms with Crippen LogP contribution < -0.4 is 5.30 Å². The molecule has 0 heterocycles. The average Bonchev–Trinajstić information content (AvgIpc) is 1.95. The van der Waals surface area contributed by atoms with Crippen LogP contribution in [0.5, 0.6) is 0 Å². The van der Waals surface area contributed by atoms with Gasteiger partial charge in [0, 0.05) is 13.7 Å². The van der Waals surface area contributed by atoms with Crippen molar-refractivity contribution in [2.45, 2.75) is 13.8 Å². The van der Waals surface area contributed by atoms with Gasteiger partial charge in [-0.25, -0.2) is 4.52 Å². The Morgan fingerprint density at radius 3 is 2.64 bits per heavy atom. The van der Waals surface area contributed by atoms with Gasteiger partial charge in [0.15, 0.2) is 0 Å². The molecule has 0 bridgehead atoms. The first kappa shape index (κ1) is 8.84. The summed E-state index contributed by atoms with van der Waals surface area (Å²) in [6.45, 7) is 4.22. The summed E-state index contributed by atoms with van der Waals surface area (Å²) in [5.41, 5.74) is 2.63. The van der Waals surface area contributed by atoms with Crippen molar-refractivity contribution in [1.29, 1.82) is 0 Å². The van der Waals surface area contributed by atoms with E-state index in [1.165, 1.54) is 16.4 Å². The maximum atomic E-state index is 3.99. The van der Waals surface area contributed by atoms with Crippen molar-refractivity contribution in [3.05, 3.63) is 29.3 Å². The average molecular weight is 183 g/mol. The zero-order valence-electron chi connectivity index (χ0n) is 6.70. The van der Waals surface area contributed by atoms with Gasteiger partial charge in [-0.05, 0) is 34.9 Å². The Morgan fingerprint density at radius 2 is 2.09 bits per heavy atom. The molecule has 1 rings (SSSR count). The van der Waals surface area contributed by atoms with Crippen molar-refractivity contribution in [3.63, 3.8) is 0 Å². The lowest BCUT2D eigenvalue weighted by Crippen LogP contribution is -1.96. The Kier molecular flexibility index (Phi) is 3.17. The molecule has 0 aliphatic carbocycles. The third kappa shape index (κ3) is 2.36. The van der Waals surface area contributed by atoms with Crippen LogP contribution in [0.1, 0.15) is 11.1 Å². The standard InChI is InChI=1S/C8H11NP2/c1-6-3-4-8(11-9-10)7(2)5-6/h3-5H,10H2,1-2H3. The van der Waals surface area contributed by atoms with Gasteiger partial charge in [-0.2, -0.15) is 0 Å². The minimum absolute atomic E-state index is 1.03. The predicted molar refractivity (Wildman–Crippen MR) is 54.6 cm³/mol. The van der Waals surface area contributed by atoms with Crippen LogP contribution in [0.4, 0.5) is 0 Å². The summed E-state index contributed by atoms with van der Waals surface area (Å²) in [6, 6.07) is 6.42. The Balaban J connectivity index is 3.09. The van der Waals surface area contributed by atoms with Crippen LogP contribution in [-0.2, 0) is 0 Å². The fraction of sp³-hybridized carbons (Fsp3) is 0.250. The van der Waals surface area contributed by atoms with Gasteiger partial charge in [-0.1, -0.05) is 17.7 Å². The summed E-state index contributed by atoms with van der Waals surface area (Å²) in [5.74, 6) is 0. The summed E-state index contributed by atoms with van der Waals surface area (Å²) in [5, 5.41) is 1.28. The second kappa shape index (κ2) is 3.95. The summed E-state index contributed by atoms with van der Waals surface area (Å²) < 4.78 is 3.99. The second-order valence-corrected chi connectivity index (χ2v) is 4.11. The molecule has 0 spiro atoms. The fourth-order valence-electron chi connectivity index (χ4n) is 0.980. The van der Waals surface area contributed by atoms with Crippen molar-refractivity contribution in [2.75, 3.05) is 0 Å². The topological polar surface area (TPSA) is 12.4 Å². The summed E-state index contributed by atoms with van der Waals surface area (Å²) >= 11 is 0. The highest BCUT2D eigenvalue weighted by Crippen LogP contribution is 2.10. The maximum absolute atomic E-state index is 3.99. The van der Waals surface area contributed by atoms with Gasteiger partial charge in [-0.3, -0.25) is 0 Å². The molecule has 0 aliphatic heterocycles. The minimum Gasteiger partial charge on any atom is -0.247 e. The van der Waals surface area contributed by atoms with Crippen LogP contribution in [0.3, 0.4) is 0 Å². The molecule has 1 aromatic carbocycles. The zero-order chi connectivity index (χ0) is 8.27. The van der Waals surface area contributed by atoms with E-state index in [-0.39, 0.29) is 0 Å². The molecule has 1 nitrogen and oxygen atoms in total. The highest BCUT2D eigenvalue weighted by atomic mass is 31.1. The van der Waals surface area contributed by atoms with Gasteiger partial charge in [0.25, 0.3) is 0 Å². The van der Waals surface area contributed by atoms with Crippen LogP contribution >= 0.6 is 17.8 Å². The molecule has 0 N–H and O–H groups in total. The molecule has 0 aromatic heterocycles. The van der Waals surface area contributed by atoms with E-state index in [1.807, 2.05) is 0 Å². The number of hydrogen-bond donors (Lipinski definition) is 0. The van der Waals surface area contributed by atoms with Gasteiger partial charge in [0.1, 0.15) is 0 Å². The van der Waals surface area contributed by atoms with Crippen LogP contribution in [0.25, 0.3) is 0 Å². The first-order chi connectivity index (χ1) is 5.24. The molecule has 3 heteroatoms. The molecule has 1 atom stereocenters. The van der Waals surface area contributed by atoms with Crippen LogP contribution in [-0.4, -0.2) is 0 Å². The Labute approximate surface area is 71.4 Å². The molecule has 0 saturated carbocycles. The van der Waals surface area contributed by atoms with Crippen molar-refractivity contribution in [3.8, 4) is 0 Å². The highest BCUT2D eigenvalue weighted by Gasteiger charge is 1.93. The predicted octanol–water partition coefficient (Wildman–Crippen LogP) is 2.85. The molecular formula is C8H11NP2. The molecule has 0 amide bonds. The van der Waals surface area contributed by atoms with E-state index in [1.54, 1.807) is 0 Å². The van der Waals surface area contributed by atoms with Gasteiger partial charge in [-0.15, -0.1) is 0 Å². The van der Waals surface area contributed by atoms with E-state index in [4.69, 9.17) is 0 Å². The lowest BCUT2D eigenvalue weighted by molar-refractivity contribution is 1.41. The molecule has 11 heavy (non-hydrogen) atoms. The van der Waals surface area contributed by atoms with Gasteiger partial charge in [0.05, 0.1) is 0 Å². The largest absolute Gasteiger partial charge is 0.247 e. The number of benzene rings is 1. The van der Waals surface area contributed by atoms with Gasteiger partial charge < -0.3 is 0 Å². The smallest absolute Gasteiger partial charge is 0.0434 e. The monoisotopic (exact) mass is 183 g/mol. The second-order valence-electron chi connectivity index (χ2n) is 2.51. The van der Waals surface area contributed by atoms with Crippen molar-refractivity contribution < 1.29 is 0 Å². The van der Waals surface area contributed by atoms with Crippen LogP contribution in [0.2, 0.25) is 0 Å². The third-order valence-corrected chi connectivity index (χ3v) is 2.70. The molecule has 0 fully saturated rings.